The molecule has 0 spiro atoms. The second kappa shape index (κ2) is 7.51. The monoisotopic (exact) mass is 325 g/mol. The zero-order chi connectivity index (χ0) is 16.0. The number of carbonyl (C=O) groups excluding carboxylic acids is 1. The zero-order valence-corrected chi connectivity index (χ0v) is 12.0. The van der Waals surface area contributed by atoms with Gasteiger partial charge in [-0.3, -0.25) is 4.79 Å². The van der Waals surface area contributed by atoms with Crippen molar-refractivity contribution in [1.82, 2.24) is 0 Å². The molecule has 0 aliphatic heterocycles. The lowest BCUT2D eigenvalue weighted by Crippen LogP contribution is -2.33. The zero-order valence-electron chi connectivity index (χ0n) is 11.2. The Bertz CT molecular complexity index is 494. The minimum atomic E-state index is -4.46. The molecule has 4 nitrogen and oxygen atoms in total. The summed E-state index contributed by atoms with van der Waals surface area (Å²) in [6.07, 6.45) is -4.30. The minimum Gasteiger partial charge on any atom is -0.492 e. The van der Waals surface area contributed by atoms with Gasteiger partial charge in [-0.1, -0.05) is 11.6 Å². The highest BCUT2D eigenvalue weighted by atomic mass is 35.5. The van der Waals surface area contributed by atoms with Crippen LogP contribution in [0.5, 0.6) is 5.75 Å². The molecule has 0 aliphatic carbocycles. The van der Waals surface area contributed by atoms with Gasteiger partial charge in [0.25, 0.3) is 0 Å². The van der Waals surface area contributed by atoms with Gasteiger partial charge < -0.3 is 15.2 Å². The summed E-state index contributed by atoms with van der Waals surface area (Å²) in [4.78, 5) is 11.3. The van der Waals surface area contributed by atoms with Crippen molar-refractivity contribution in [2.75, 3.05) is 13.2 Å². The first-order valence-electron chi connectivity index (χ1n) is 6.17. The predicted molar refractivity (Wildman–Crippen MR) is 71.2 cm³/mol. The summed E-state index contributed by atoms with van der Waals surface area (Å²) >= 11 is 5.72. The summed E-state index contributed by atoms with van der Waals surface area (Å²) < 4.78 is 47.3. The fourth-order valence-corrected chi connectivity index (χ4v) is 1.69. The first-order chi connectivity index (χ1) is 9.75. The van der Waals surface area contributed by atoms with Crippen LogP contribution in [0.2, 0.25) is 5.02 Å². The highest BCUT2D eigenvalue weighted by Crippen LogP contribution is 2.34. The Morgan fingerprint density at radius 1 is 1.43 bits per heavy atom. The Morgan fingerprint density at radius 3 is 2.62 bits per heavy atom. The van der Waals surface area contributed by atoms with Crippen molar-refractivity contribution in [3.63, 3.8) is 0 Å². The van der Waals surface area contributed by atoms with Gasteiger partial charge in [-0.05, 0) is 25.1 Å². The van der Waals surface area contributed by atoms with E-state index in [1.54, 1.807) is 6.92 Å². The lowest BCUT2D eigenvalue weighted by atomic mass is 10.2. The summed E-state index contributed by atoms with van der Waals surface area (Å²) in [5.41, 5.74) is 4.69. The van der Waals surface area contributed by atoms with Crippen molar-refractivity contribution in [1.29, 1.82) is 0 Å². The maximum absolute atomic E-state index is 12.5. The SMILES string of the molecule is CCOC(=O)C(N)CCOc1ccc(C(F)(F)F)cc1Cl. The van der Waals surface area contributed by atoms with Crippen LogP contribution in [-0.2, 0) is 15.7 Å². The quantitative estimate of drug-likeness (QED) is 0.817. The largest absolute Gasteiger partial charge is 0.492 e. The number of halogens is 4. The molecule has 1 unspecified atom stereocenters. The molecular formula is C13H15ClF3NO3. The van der Waals surface area contributed by atoms with Crippen LogP contribution >= 0.6 is 11.6 Å². The molecular weight excluding hydrogens is 311 g/mol. The van der Waals surface area contributed by atoms with Crippen LogP contribution in [-0.4, -0.2) is 25.2 Å². The van der Waals surface area contributed by atoms with Gasteiger partial charge in [-0.2, -0.15) is 13.2 Å². The standard InChI is InChI=1S/C13H15ClF3NO3/c1-2-20-12(19)10(18)5-6-21-11-4-3-8(7-9(11)14)13(15,16)17/h3-4,7,10H,2,5-6,18H2,1H3. The lowest BCUT2D eigenvalue weighted by Gasteiger charge is -2.13. The van der Waals surface area contributed by atoms with Crippen LogP contribution < -0.4 is 10.5 Å². The van der Waals surface area contributed by atoms with Gasteiger partial charge in [-0.25, -0.2) is 0 Å². The average molecular weight is 326 g/mol. The molecule has 0 fully saturated rings. The second-order valence-corrected chi connectivity index (χ2v) is 4.55. The molecule has 1 atom stereocenters. The van der Waals surface area contributed by atoms with Crippen molar-refractivity contribution < 1.29 is 27.4 Å². The van der Waals surface area contributed by atoms with Crippen molar-refractivity contribution in [2.24, 2.45) is 5.73 Å². The number of esters is 1. The molecule has 0 heterocycles. The third kappa shape index (κ3) is 5.43. The number of rotatable bonds is 6. The molecule has 8 heteroatoms. The Labute approximate surface area is 125 Å². The molecule has 0 aromatic heterocycles. The van der Waals surface area contributed by atoms with Crippen LogP contribution in [0, 0.1) is 0 Å². The average Bonchev–Trinajstić information content (AvgIpc) is 2.39. The van der Waals surface area contributed by atoms with Gasteiger partial charge in [-0.15, -0.1) is 0 Å². The highest BCUT2D eigenvalue weighted by molar-refractivity contribution is 6.32. The lowest BCUT2D eigenvalue weighted by molar-refractivity contribution is -0.145. The van der Waals surface area contributed by atoms with Gasteiger partial charge >= 0.3 is 12.1 Å². The molecule has 0 amide bonds. The van der Waals surface area contributed by atoms with E-state index in [1.165, 1.54) is 0 Å². The Morgan fingerprint density at radius 2 is 2.10 bits per heavy atom. The van der Waals surface area contributed by atoms with E-state index in [1.807, 2.05) is 0 Å². The molecule has 1 rings (SSSR count). The van der Waals surface area contributed by atoms with E-state index < -0.39 is 23.8 Å². The van der Waals surface area contributed by atoms with Gasteiger partial charge in [0, 0.05) is 6.42 Å². The second-order valence-electron chi connectivity index (χ2n) is 4.14. The summed E-state index contributed by atoms with van der Waals surface area (Å²) in [6, 6.07) is 1.92. The third-order valence-corrected chi connectivity index (χ3v) is 2.83. The smallest absolute Gasteiger partial charge is 0.416 e. The molecule has 118 valence electrons. The van der Waals surface area contributed by atoms with Crippen LogP contribution in [0.15, 0.2) is 18.2 Å². The molecule has 1 aromatic rings. The van der Waals surface area contributed by atoms with Crippen molar-refractivity contribution in [3.8, 4) is 5.75 Å². The topological polar surface area (TPSA) is 61.5 Å². The summed E-state index contributed by atoms with van der Waals surface area (Å²) in [6.45, 7) is 1.91. The first-order valence-corrected chi connectivity index (χ1v) is 6.55. The predicted octanol–water partition coefficient (Wildman–Crippen LogP) is 3.02. The van der Waals surface area contributed by atoms with Gasteiger partial charge in [0.15, 0.2) is 0 Å². The van der Waals surface area contributed by atoms with E-state index in [0.717, 1.165) is 18.2 Å². The highest BCUT2D eigenvalue weighted by Gasteiger charge is 2.31. The number of benzene rings is 1. The van der Waals surface area contributed by atoms with Gasteiger partial charge in [0.1, 0.15) is 11.8 Å². The maximum atomic E-state index is 12.5. The normalized spacial score (nSPS) is 12.9. The number of carbonyl (C=O) groups is 1. The molecule has 0 saturated carbocycles. The van der Waals surface area contributed by atoms with E-state index in [9.17, 15) is 18.0 Å². The number of hydrogen-bond acceptors (Lipinski definition) is 4. The summed E-state index contributed by atoms with van der Waals surface area (Å²) in [5.74, 6) is -0.458. The van der Waals surface area contributed by atoms with Crippen LogP contribution in [0.1, 0.15) is 18.9 Å². The van der Waals surface area contributed by atoms with E-state index >= 15 is 0 Å². The molecule has 0 saturated heterocycles. The number of alkyl halides is 3. The molecule has 0 bridgehead atoms. The third-order valence-electron chi connectivity index (χ3n) is 2.53. The van der Waals surface area contributed by atoms with Crippen LogP contribution in [0.3, 0.4) is 0 Å². The van der Waals surface area contributed by atoms with Crippen LogP contribution in [0.4, 0.5) is 13.2 Å². The van der Waals surface area contributed by atoms with Gasteiger partial charge in [0.05, 0.1) is 23.8 Å². The van der Waals surface area contributed by atoms with Crippen molar-refractivity contribution in [3.05, 3.63) is 28.8 Å². The van der Waals surface area contributed by atoms with E-state index in [0.29, 0.717) is 0 Å². The fraction of sp³-hybridized carbons (Fsp3) is 0.462. The molecule has 21 heavy (non-hydrogen) atoms. The number of hydrogen-bond donors (Lipinski definition) is 1. The van der Waals surface area contributed by atoms with E-state index in [2.05, 4.69) is 0 Å². The molecule has 1 aromatic carbocycles. The Hall–Kier alpha value is -1.47. The van der Waals surface area contributed by atoms with Crippen molar-refractivity contribution >= 4 is 17.6 Å². The summed E-state index contributed by atoms with van der Waals surface area (Å²) in [7, 11) is 0. The molecule has 0 radical (unpaired) electrons. The number of ether oxygens (including phenoxy) is 2. The Kier molecular flexibility index (Phi) is 6.29. The molecule has 2 N–H and O–H groups in total. The first kappa shape index (κ1) is 17.6. The van der Waals surface area contributed by atoms with E-state index in [4.69, 9.17) is 26.8 Å². The summed E-state index contributed by atoms with van der Waals surface area (Å²) in [5, 5.41) is -0.158. The van der Waals surface area contributed by atoms with Crippen molar-refractivity contribution in [2.45, 2.75) is 25.6 Å². The molecule has 0 aliphatic rings. The van der Waals surface area contributed by atoms with E-state index in [-0.39, 0.29) is 30.4 Å². The van der Waals surface area contributed by atoms with Gasteiger partial charge in [0.2, 0.25) is 0 Å². The minimum absolute atomic E-state index is 0.0328. The van der Waals surface area contributed by atoms with Crippen LogP contribution in [0.25, 0.3) is 0 Å². The fourth-order valence-electron chi connectivity index (χ4n) is 1.46. The maximum Gasteiger partial charge on any atom is 0.416 e. The number of nitrogens with two attached hydrogens (primary N) is 1. The Balaban J connectivity index is 2.55.